The van der Waals surface area contributed by atoms with Gasteiger partial charge >= 0.3 is 6.09 Å². The molecule has 24 heavy (non-hydrogen) atoms. The first-order valence-corrected chi connectivity index (χ1v) is 7.51. The highest BCUT2D eigenvalue weighted by molar-refractivity contribution is 5.95. The minimum absolute atomic E-state index is 0.144. The van der Waals surface area contributed by atoms with Crippen LogP contribution in [0.15, 0.2) is 47.1 Å². The molecule has 2 aromatic rings. The Morgan fingerprint density at radius 1 is 1.21 bits per heavy atom. The van der Waals surface area contributed by atoms with E-state index in [0.717, 1.165) is 0 Å². The molecule has 0 aliphatic heterocycles. The molecule has 7 heteroatoms. The maximum Gasteiger partial charge on any atom is 0.410 e. The summed E-state index contributed by atoms with van der Waals surface area (Å²) >= 11 is 0. The van der Waals surface area contributed by atoms with Crippen LogP contribution in [0.25, 0.3) is 0 Å². The molecule has 1 heterocycles. The molecule has 2 rings (SSSR count). The molecule has 0 bridgehead atoms. The molecule has 0 aliphatic rings. The van der Waals surface area contributed by atoms with Crippen LogP contribution < -0.4 is 10.1 Å². The van der Waals surface area contributed by atoms with Crippen LogP contribution in [0.1, 0.15) is 12.7 Å². The number of benzene rings is 1. The summed E-state index contributed by atoms with van der Waals surface area (Å²) < 4.78 is 15.4. The van der Waals surface area contributed by atoms with Gasteiger partial charge in [0.15, 0.2) is 0 Å². The van der Waals surface area contributed by atoms with E-state index in [1.165, 1.54) is 18.3 Å². The smallest absolute Gasteiger partial charge is 0.410 e. The molecule has 0 fully saturated rings. The molecule has 0 spiro atoms. The predicted octanol–water partition coefficient (Wildman–Crippen LogP) is 2.89. The van der Waals surface area contributed by atoms with Crippen molar-refractivity contribution in [2.75, 3.05) is 25.6 Å². The Balaban J connectivity index is 2.04. The molecule has 128 valence electrons. The van der Waals surface area contributed by atoms with Gasteiger partial charge in [0.2, 0.25) is 5.91 Å². The monoisotopic (exact) mass is 332 g/mol. The molecule has 1 N–H and O–H groups in total. The van der Waals surface area contributed by atoms with E-state index in [-0.39, 0.29) is 25.6 Å². The number of hydrogen-bond donors (Lipinski definition) is 1. The van der Waals surface area contributed by atoms with E-state index in [0.29, 0.717) is 17.2 Å². The van der Waals surface area contributed by atoms with Crippen molar-refractivity contribution in [3.8, 4) is 5.75 Å². The Morgan fingerprint density at radius 3 is 2.67 bits per heavy atom. The number of carbonyl (C=O) groups is 2. The van der Waals surface area contributed by atoms with Crippen LogP contribution in [0.2, 0.25) is 0 Å². The lowest BCUT2D eigenvalue weighted by Gasteiger charge is -2.20. The van der Waals surface area contributed by atoms with Gasteiger partial charge in [0.25, 0.3) is 0 Å². The van der Waals surface area contributed by atoms with Gasteiger partial charge in [-0.15, -0.1) is 0 Å². The minimum atomic E-state index is -0.580. The fourth-order valence-corrected chi connectivity index (χ4v) is 2.10. The van der Waals surface area contributed by atoms with E-state index in [1.54, 1.807) is 43.3 Å². The van der Waals surface area contributed by atoms with Gasteiger partial charge < -0.3 is 19.2 Å². The first-order valence-electron chi connectivity index (χ1n) is 7.51. The SMILES string of the molecule is CCOC(=O)N(CC(=O)Nc1ccccc1OC)Cc1ccco1. The van der Waals surface area contributed by atoms with Crippen LogP contribution >= 0.6 is 0 Å². The number of methoxy groups -OCH3 is 1. The summed E-state index contributed by atoms with van der Waals surface area (Å²) in [7, 11) is 1.52. The maximum absolute atomic E-state index is 12.3. The Morgan fingerprint density at radius 2 is 2.00 bits per heavy atom. The molecular weight excluding hydrogens is 312 g/mol. The molecule has 7 nitrogen and oxygen atoms in total. The lowest BCUT2D eigenvalue weighted by molar-refractivity contribution is -0.117. The quantitative estimate of drug-likeness (QED) is 0.843. The van der Waals surface area contributed by atoms with Crippen molar-refractivity contribution in [3.05, 3.63) is 48.4 Å². The number of furan rings is 1. The molecule has 0 saturated carbocycles. The maximum atomic E-state index is 12.3. The van der Waals surface area contributed by atoms with Crippen LogP contribution in [0, 0.1) is 0 Å². The number of carbonyl (C=O) groups excluding carboxylic acids is 2. The van der Waals surface area contributed by atoms with Crippen molar-refractivity contribution < 1.29 is 23.5 Å². The summed E-state index contributed by atoms with van der Waals surface area (Å²) in [5.41, 5.74) is 0.534. The van der Waals surface area contributed by atoms with Crippen LogP contribution in [0.4, 0.5) is 10.5 Å². The zero-order chi connectivity index (χ0) is 17.4. The van der Waals surface area contributed by atoms with Crippen LogP contribution in [0.3, 0.4) is 0 Å². The molecule has 0 radical (unpaired) electrons. The van der Waals surface area contributed by atoms with Crippen molar-refractivity contribution in [2.24, 2.45) is 0 Å². The zero-order valence-corrected chi connectivity index (χ0v) is 13.7. The van der Waals surface area contributed by atoms with Gasteiger partial charge in [-0.3, -0.25) is 9.69 Å². The molecule has 1 aromatic heterocycles. The number of para-hydroxylation sites is 2. The Bertz CT molecular complexity index is 669. The normalized spacial score (nSPS) is 10.1. The summed E-state index contributed by atoms with van der Waals surface area (Å²) in [6.07, 6.45) is 0.928. The molecule has 0 atom stereocenters. The number of ether oxygens (including phenoxy) is 2. The van der Waals surface area contributed by atoms with E-state index < -0.39 is 6.09 Å². The van der Waals surface area contributed by atoms with Crippen molar-refractivity contribution in [2.45, 2.75) is 13.5 Å². The lowest BCUT2D eigenvalue weighted by Crippen LogP contribution is -2.37. The second-order valence-corrected chi connectivity index (χ2v) is 4.88. The number of amides is 2. The van der Waals surface area contributed by atoms with Gasteiger partial charge in [-0.1, -0.05) is 12.1 Å². The molecule has 0 saturated heterocycles. The first kappa shape index (κ1) is 17.4. The Kier molecular flexibility index (Phi) is 6.24. The van der Waals surface area contributed by atoms with E-state index >= 15 is 0 Å². The number of anilines is 1. The number of nitrogens with one attached hydrogen (secondary N) is 1. The largest absolute Gasteiger partial charge is 0.495 e. The second kappa shape index (κ2) is 8.61. The van der Waals surface area contributed by atoms with Crippen molar-refractivity contribution in [3.63, 3.8) is 0 Å². The molecule has 0 unspecified atom stereocenters. The fourth-order valence-electron chi connectivity index (χ4n) is 2.10. The molecule has 0 aliphatic carbocycles. The average molecular weight is 332 g/mol. The van der Waals surface area contributed by atoms with Gasteiger partial charge in [-0.05, 0) is 31.2 Å². The molecular formula is C17H20N2O5. The second-order valence-electron chi connectivity index (χ2n) is 4.88. The molecule has 1 aromatic carbocycles. The Hall–Kier alpha value is -2.96. The highest BCUT2D eigenvalue weighted by Crippen LogP contribution is 2.23. The summed E-state index contributed by atoms with van der Waals surface area (Å²) in [5, 5.41) is 2.72. The summed E-state index contributed by atoms with van der Waals surface area (Å²) in [6.45, 7) is 1.91. The summed E-state index contributed by atoms with van der Waals surface area (Å²) in [6, 6.07) is 10.5. The topological polar surface area (TPSA) is 81.0 Å². The van der Waals surface area contributed by atoms with Crippen LogP contribution in [-0.4, -0.2) is 37.2 Å². The third-order valence-corrected chi connectivity index (χ3v) is 3.17. The third-order valence-electron chi connectivity index (χ3n) is 3.17. The van der Waals surface area contributed by atoms with Crippen LogP contribution in [0.5, 0.6) is 5.75 Å². The van der Waals surface area contributed by atoms with E-state index in [4.69, 9.17) is 13.9 Å². The van der Waals surface area contributed by atoms with E-state index in [1.807, 2.05) is 0 Å². The van der Waals surface area contributed by atoms with Crippen molar-refractivity contribution in [1.82, 2.24) is 4.90 Å². The summed E-state index contributed by atoms with van der Waals surface area (Å²) in [5.74, 6) is 0.742. The highest BCUT2D eigenvalue weighted by atomic mass is 16.6. The standard InChI is InChI=1S/C17H20N2O5/c1-3-23-17(21)19(11-13-7-6-10-24-13)12-16(20)18-14-8-4-5-9-15(14)22-2/h4-10H,3,11-12H2,1-2H3,(H,18,20). The third kappa shape index (κ3) is 4.77. The van der Waals surface area contributed by atoms with Gasteiger partial charge in [-0.25, -0.2) is 4.79 Å². The van der Waals surface area contributed by atoms with Gasteiger partial charge in [0.1, 0.15) is 18.1 Å². The fraction of sp³-hybridized carbons (Fsp3) is 0.294. The average Bonchev–Trinajstić information content (AvgIpc) is 3.08. The Labute approximate surface area is 140 Å². The van der Waals surface area contributed by atoms with E-state index in [2.05, 4.69) is 5.32 Å². The summed E-state index contributed by atoms with van der Waals surface area (Å²) in [4.78, 5) is 25.6. The molecule has 2 amide bonds. The number of rotatable bonds is 7. The number of nitrogens with zero attached hydrogens (tertiary/aromatic N) is 1. The van der Waals surface area contributed by atoms with Crippen molar-refractivity contribution in [1.29, 1.82) is 0 Å². The number of hydrogen-bond acceptors (Lipinski definition) is 5. The van der Waals surface area contributed by atoms with Crippen molar-refractivity contribution >= 4 is 17.7 Å². The van der Waals surface area contributed by atoms with Gasteiger partial charge in [0.05, 0.1) is 32.2 Å². The lowest BCUT2D eigenvalue weighted by atomic mass is 10.3. The first-order chi connectivity index (χ1) is 11.6. The van der Waals surface area contributed by atoms with Crippen LogP contribution in [-0.2, 0) is 16.1 Å². The van der Waals surface area contributed by atoms with E-state index in [9.17, 15) is 9.59 Å². The minimum Gasteiger partial charge on any atom is -0.495 e. The zero-order valence-electron chi connectivity index (χ0n) is 13.7. The van der Waals surface area contributed by atoms with Gasteiger partial charge in [0, 0.05) is 0 Å². The van der Waals surface area contributed by atoms with Gasteiger partial charge in [-0.2, -0.15) is 0 Å². The predicted molar refractivity (Wildman–Crippen MR) is 87.8 cm³/mol. The highest BCUT2D eigenvalue weighted by Gasteiger charge is 2.20.